The van der Waals surface area contributed by atoms with Crippen LogP contribution >= 0.6 is 22.7 Å². The number of thiophene rings is 1. The van der Waals surface area contributed by atoms with E-state index in [1.54, 1.807) is 5.38 Å². The molecular weight excluding hydrogens is 362 g/mol. The lowest BCUT2D eigenvalue weighted by Crippen LogP contribution is -2.09. The first-order chi connectivity index (χ1) is 12.1. The van der Waals surface area contributed by atoms with E-state index in [1.807, 2.05) is 30.3 Å². The third-order valence-corrected chi connectivity index (χ3v) is 5.46. The lowest BCUT2D eigenvalue weighted by atomic mass is 10.2. The standard InChI is InChI=1S/C18H10F2N2OS2/c19-12-6-5-10(7-13(12)20)14-9-24-18(21-14)22-17(23)16-8-11-3-1-2-4-15(11)25-16/h1-9H,(H,21,22,23). The van der Waals surface area contributed by atoms with Crippen molar-refractivity contribution in [3.05, 3.63) is 70.4 Å². The van der Waals surface area contributed by atoms with E-state index in [0.29, 0.717) is 21.3 Å². The lowest BCUT2D eigenvalue weighted by molar-refractivity contribution is 0.103. The number of halogens is 2. The number of nitrogens with one attached hydrogen (secondary N) is 1. The second-order valence-electron chi connectivity index (χ2n) is 5.27. The number of thiazole rings is 1. The van der Waals surface area contributed by atoms with Gasteiger partial charge in [0.25, 0.3) is 5.91 Å². The molecule has 0 fully saturated rings. The first kappa shape index (κ1) is 15.9. The number of rotatable bonds is 3. The van der Waals surface area contributed by atoms with Crippen LogP contribution in [-0.2, 0) is 0 Å². The first-order valence-electron chi connectivity index (χ1n) is 7.31. The number of amides is 1. The van der Waals surface area contributed by atoms with E-state index in [9.17, 15) is 13.6 Å². The van der Waals surface area contributed by atoms with Gasteiger partial charge in [-0.1, -0.05) is 18.2 Å². The van der Waals surface area contributed by atoms with Crippen LogP contribution in [0.15, 0.2) is 53.9 Å². The second kappa shape index (κ2) is 6.34. The van der Waals surface area contributed by atoms with Gasteiger partial charge in [0.15, 0.2) is 16.8 Å². The predicted octanol–water partition coefficient (Wildman–Crippen LogP) is 5.56. The van der Waals surface area contributed by atoms with Crippen molar-refractivity contribution in [2.45, 2.75) is 0 Å². The normalized spacial score (nSPS) is 11.0. The molecule has 4 rings (SSSR count). The van der Waals surface area contributed by atoms with Gasteiger partial charge in [-0.15, -0.1) is 22.7 Å². The third-order valence-electron chi connectivity index (χ3n) is 3.59. The molecule has 0 aliphatic rings. The van der Waals surface area contributed by atoms with E-state index in [1.165, 1.54) is 28.7 Å². The van der Waals surface area contributed by atoms with Gasteiger partial charge in [0.05, 0.1) is 10.6 Å². The molecule has 0 saturated heterocycles. The molecule has 7 heteroatoms. The molecule has 0 radical (unpaired) electrons. The van der Waals surface area contributed by atoms with Gasteiger partial charge in [-0.05, 0) is 35.7 Å². The molecule has 0 atom stereocenters. The van der Waals surface area contributed by atoms with E-state index >= 15 is 0 Å². The van der Waals surface area contributed by atoms with Crippen LogP contribution < -0.4 is 5.32 Å². The molecule has 2 heterocycles. The number of hydrogen-bond acceptors (Lipinski definition) is 4. The van der Waals surface area contributed by atoms with Gasteiger partial charge in [-0.3, -0.25) is 10.1 Å². The smallest absolute Gasteiger partial charge is 0.267 e. The lowest BCUT2D eigenvalue weighted by Gasteiger charge is -1.99. The average Bonchev–Trinajstić information content (AvgIpc) is 3.24. The zero-order valence-electron chi connectivity index (χ0n) is 12.6. The largest absolute Gasteiger partial charge is 0.297 e. The molecule has 124 valence electrons. The number of carbonyl (C=O) groups excluding carboxylic acids is 1. The predicted molar refractivity (Wildman–Crippen MR) is 97.2 cm³/mol. The van der Waals surface area contributed by atoms with E-state index in [0.717, 1.165) is 22.2 Å². The van der Waals surface area contributed by atoms with Crippen molar-refractivity contribution in [1.29, 1.82) is 0 Å². The molecule has 1 amide bonds. The Bertz CT molecular complexity index is 1050. The zero-order chi connectivity index (χ0) is 17.4. The Hall–Kier alpha value is -2.64. The molecule has 0 bridgehead atoms. The Morgan fingerprint density at radius 3 is 2.68 bits per heavy atom. The highest BCUT2D eigenvalue weighted by Crippen LogP contribution is 2.28. The van der Waals surface area contributed by atoms with Gasteiger partial charge in [0, 0.05) is 15.6 Å². The summed E-state index contributed by atoms with van der Waals surface area (Å²) in [6, 6.07) is 13.2. The Morgan fingerprint density at radius 1 is 1.04 bits per heavy atom. The molecule has 0 unspecified atom stereocenters. The van der Waals surface area contributed by atoms with Crippen LogP contribution in [-0.4, -0.2) is 10.9 Å². The molecule has 4 aromatic rings. The van der Waals surface area contributed by atoms with Gasteiger partial charge in [-0.2, -0.15) is 0 Å². The van der Waals surface area contributed by atoms with Gasteiger partial charge in [0.2, 0.25) is 0 Å². The molecule has 0 aliphatic heterocycles. The molecule has 2 aromatic carbocycles. The van der Waals surface area contributed by atoms with Gasteiger partial charge < -0.3 is 0 Å². The maximum Gasteiger partial charge on any atom is 0.267 e. The van der Waals surface area contributed by atoms with Crippen molar-refractivity contribution >= 4 is 43.8 Å². The summed E-state index contributed by atoms with van der Waals surface area (Å²) >= 11 is 2.63. The monoisotopic (exact) mass is 372 g/mol. The summed E-state index contributed by atoms with van der Waals surface area (Å²) < 4.78 is 27.4. The minimum atomic E-state index is -0.929. The molecular formula is C18H10F2N2OS2. The summed E-state index contributed by atoms with van der Waals surface area (Å²) in [6.45, 7) is 0. The molecule has 0 saturated carbocycles. The van der Waals surface area contributed by atoms with Crippen LogP contribution in [0.5, 0.6) is 0 Å². The first-order valence-corrected chi connectivity index (χ1v) is 9.00. The third kappa shape index (κ3) is 3.16. The summed E-state index contributed by atoms with van der Waals surface area (Å²) in [5.41, 5.74) is 0.938. The minimum absolute atomic E-state index is 0.243. The highest BCUT2D eigenvalue weighted by atomic mass is 32.1. The van der Waals surface area contributed by atoms with Crippen LogP contribution in [0, 0.1) is 11.6 Å². The number of hydrogen-bond donors (Lipinski definition) is 1. The average molecular weight is 372 g/mol. The molecule has 1 N–H and O–H groups in total. The Labute approximate surface area is 149 Å². The quantitative estimate of drug-likeness (QED) is 0.512. The van der Waals surface area contributed by atoms with Crippen molar-refractivity contribution in [3.63, 3.8) is 0 Å². The number of nitrogens with zero attached hydrogens (tertiary/aromatic N) is 1. The fourth-order valence-corrected chi connectivity index (χ4v) is 4.04. The Morgan fingerprint density at radius 2 is 1.88 bits per heavy atom. The molecule has 2 aromatic heterocycles. The molecule has 25 heavy (non-hydrogen) atoms. The van der Waals surface area contributed by atoms with E-state index < -0.39 is 11.6 Å². The Balaban J connectivity index is 1.56. The summed E-state index contributed by atoms with van der Waals surface area (Å²) in [7, 11) is 0. The van der Waals surface area contributed by atoms with Crippen molar-refractivity contribution in [2.75, 3.05) is 5.32 Å². The van der Waals surface area contributed by atoms with E-state index in [2.05, 4.69) is 10.3 Å². The van der Waals surface area contributed by atoms with Crippen LogP contribution in [0.3, 0.4) is 0 Å². The molecule has 3 nitrogen and oxygen atoms in total. The fraction of sp³-hybridized carbons (Fsp3) is 0. The summed E-state index contributed by atoms with van der Waals surface area (Å²) in [6.07, 6.45) is 0. The van der Waals surface area contributed by atoms with Gasteiger partial charge in [0.1, 0.15) is 0 Å². The summed E-state index contributed by atoms with van der Waals surface area (Å²) in [4.78, 5) is 17.2. The highest BCUT2D eigenvalue weighted by Gasteiger charge is 2.13. The number of aromatic nitrogens is 1. The number of anilines is 1. The number of fused-ring (bicyclic) bond motifs is 1. The Kier molecular flexibility index (Phi) is 4.03. The van der Waals surface area contributed by atoms with Gasteiger partial charge in [-0.25, -0.2) is 13.8 Å². The van der Waals surface area contributed by atoms with E-state index in [4.69, 9.17) is 0 Å². The van der Waals surface area contributed by atoms with Crippen molar-refractivity contribution < 1.29 is 13.6 Å². The maximum atomic E-state index is 13.3. The van der Waals surface area contributed by atoms with Crippen molar-refractivity contribution in [2.24, 2.45) is 0 Å². The number of carbonyl (C=O) groups is 1. The zero-order valence-corrected chi connectivity index (χ0v) is 14.3. The minimum Gasteiger partial charge on any atom is -0.297 e. The maximum absolute atomic E-state index is 13.3. The summed E-state index contributed by atoms with van der Waals surface area (Å²) in [5, 5.41) is 5.85. The van der Waals surface area contributed by atoms with Crippen LogP contribution in [0.25, 0.3) is 21.3 Å². The van der Waals surface area contributed by atoms with Crippen LogP contribution in [0.4, 0.5) is 13.9 Å². The molecule has 0 spiro atoms. The number of benzene rings is 2. The van der Waals surface area contributed by atoms with Crippen molar-refractivity contribution in [1.82, 2.24) is 4.98 Å². The SMILES string of the molecule is O=C(Nc1nc(-c2ccc(F)c(F)c2)cs1)c1cc2ccccc2s1. The highest BCUT2D eigenvalue weighted by molar-refractivity contribution is 7.21. The topological polar surface area (TPSA) is 42.0 Å². The van der Waals surface area contributed by atoms with Crippen molar-refractivity contribution in [3.8, 4) is 11.3 Å². The summed E-state index contributed by atoms with van der Waals surface area (Å²) in [5.74, 6) is -2.08. The van der Waals surface area contributed by atoms with E-state index in [-0.39, 0.29) is 5.91 Å². The second-order valence-corrected chi connectivity index (χ2v) is 7.21. The van der Waals surface area contributed by atoms with Gasteiger partial charge >= 0.3 is 0 Å². The fourth-order valence-electron chi connectivity index (χ4n) is 2.37. The van der Waals surface area contributed by atoms with Crippen LogP contribution in [0.2, 0.25) is 0 Å². The van der Waals surface area contributed by atoms with Crippen LogP contribution in [0.1, 0.15) is 9.67 Å². The molecule has 0 aliphatic carbocycles.